The fourth-order valence-corrected chi connectivity index (χ4v) is 3.54. The van der Waals surface area contributed by atoms with Gasteiger partial charge >= 0.3 is 5.97 Å². The number of unbranched alkanes of at least 4 members (excludes halogenated alkanes) is 1. The van der Waals surface area contributed by atoms with Crippen LogP contribution in [0.5, 0.6) is 0 Å². The lowest BCUT2D eigenvalue weighted by atomic mass is 9.99. The van der Waals surface area contributed by atoms with Gasteiger partial charge in [0, 0.05) is 12.0 Å². The topological polar surface area (TPSA) is 127 Å². The summed E-state index contributed by atoms with van der Waals surface area (Å²) in [6, 6.07) is 6.30. The van der Waals surface area contributed by atoms with Gasteiger partial charge in [0.2, 0.25) is 11.8 Å². The van der Waals surface area contributed by atoms with E-state index in [1.54, 1.807) is 24.3 Å². The van der Waals surface area contributed by atoms with E-state index in [0.29, 0.717) is 17.1 Å². The highest BCUT2D eigenvalue weighted by molar-refractivity contribution is 6.22. The number of esters is 1. The molecule has 2 unspecified atom stereocenters. The Morgan fingerprint density at radius 3 is 2.48 bits per heavy atom. The molecular formula is C23H22N4O6. The number of carbonyl (C=O) groups is 4. The van der Waals surface area contributed by atoms with Crippen LogP contribution < -0.4 is 5.32 Å². The van der Waals surface area contributed by atoms with Gasteiger partial charge in [-0.25, -0.2) is 4.99 Å². The maximum Gasteiger partial charge on any atom is 0.322 e. The van der Waals surface area contributed by atoms with Crippen molar-refractivity contribution in [3.63, 3.8) is 0 Å². The summed E-state index contributed by atoms with van der Waals surface area (Å²) in [4.78, 5) is 64.0. The molecule has 33 heavy (non-hydrogen) atoms. The molecule has 4 rings (SSSR count). The Bertz CT molecular complexity index is 1110. The summed E-state index contributed by atoms with van der Waals surface area (Å²) in [5, 5.41) is 3.36. The summed E-state index contributed by atoms with van der Waals surface area (Å²) in [7, 11) is 1.21. The van der Waals surface area contributed by atoms with Gasteiger partial charge in [-0.1, -0.05) is 36.6 Å². The molecule has 0 aromatic heterocycles. The molecule has 1 aromatic rings. The predicted octanol–water partition coefficient (Wildman–Crippen LogP) is 1.94. The minimum atomic E-state index is -1.09. The average molecular weight is 450 g/mol. The number of hydrogen-bond acceptors (Lipinski definition) is 8. The number of carbonyl (C=O) groups excluding carboxylic acids is 4. The number of benzene rings is 1. The van der Waals surface area contributed by atoms with Crippen LogP contribution in [0, 0.1) is 5.92 Å². The van der Waals surface area contributed by atoms with Crippen molar-refractivity contribution in [2.45, 2.75) is 32.4 Å². The standard InChI is InChI=1S/C23H22N4O6/c1-3-4-9-18(28)24-17-11-10-13-12-16(23(31)32-2)20(26-19(13)25-17)33-27-21(29)14-7-5-6-8-15(14)22(27)30/h5-8,10-12,16-17H,3-4,9H2,1-2H3,(H,24,28). The first-order valence-electron chi connectivity index (χ1n) is 10.5. The molecule has 0 radical (unpaired) electrons. The maximum absolute atomic E-state index is 12.7. The number of nitrogens with one attached hydrogen (secondary N) is 1. The lowest BCUT2D eigenvalue weighted by molar-refractivity contribution is -0.142. The maximum atomic E-state index is 12.7. The van der Waals surface area contributed by atoms with E-state index in [2.05, 4.69) is 15.3 Å². The van der Waals surface area contributed by atoms with Crippen molar-refractivity contribution in [1.82, 2.24) is 10.4 Å². The van der Waals surface area contributed by atoms with Crippen LogP contribution in [-0.4, -0.2) is 53.8 Å². The highest BCUT2D eigenvalue weighted by Gasteiger charge is 2.41. The molecule has 1 N–H and O–H groups in total. The second-order valence-corrected chi connectivity index (χ2v) is 7.54. The van der Waals surface area contributed by atoms with Crippen LogP contribution in [0.1, 0.15) is 46.9 Å². The number of amidine groups is 1. The number of dihydropyridines is 2. The normalized spacial score (nSPS) is 20.9. The Balaban J connectivity index is 1.59. The molecule has 0 aliphatic carbocycles. The first-order chi connectivity index (χ1) is 15.9. The number of fused-ring (bicyclic) bond motifs is 2. The Morgan fingerprint density at radius 1 is 1.15 bits per heavy atom. The minimum absolute atomic E-state index is 0.141. The Hall–Kier alpha value is -4.08. The first kappa shape index (κ1) is 22.1. The third kappa shape index (κ3) is 4.32. The van der Waals surface area contributed by atoms with Crippen LogP contribution in [0.25, 0.3) is 0 Å². The third-order valence-electron chi connectivity index (χ3n) is 5.27. The zero-order chi connectivity index (χ0) is 23.5. The number of rotatable bonds is 6. The van der Waals surface area contributed by atoms with E-state index >= 15 is 0 Å². The molecule has 3 aliphatic heterocycles. The molecule has 3 heterocycles. The third-order valence-corrected chi connectivity index (χ3v) is 5.27. The largest absolute Gasteiger partial charge is 0.468 e. The van der Waals surface area contributed by atoms with Crippen LogP contribution >= 0.6 is 0 Å². The van der Waals surface area contributed by atoms with Crippen LogP contribution in [0.2, 0.25) is 0 Å². The van der Waals surface area contributed by atoms with Crippen LogP contribution in [-0.2, 0) is 19.2 Å². The van der Waals surface area contributed by atoms with Crippen molar-refractivity contribution in [3.8, 4) is 0 Å². The molecule has 2 atom stereocenters. The molecule has 170 valence electrons. The van der Waals surface area contributed by atoms with Gasteiger partial charge in [-0.15, -0.1) is 0 Å². The summed E-state index contributed by atoms with van der Waals surface area (Å²) in [5.41, 5.74) is 0.911. The zero-order valence-electron chi connectivity index (χ0n) is 18.1. The van der Waals surface area contributed by atoms with Gasteiger partial charge in [0.25, 0.3) is 11.8 Å². The summed E-state index contributed by atoms with van der Waals surface area (Å²) in [6.07, 6.45) is 6.30. The van der Waals surface area contributed by atoms with Gasteiger partial charge in [-0.05, 0) is 30.7 Å². The van der Waals surface area contributed by atoms with Gasteiger partial charge in [-0.2, -0.15) is 4.99 Å². The molecule has 0 spiro atoms. The minimum Gasteiger partial charge on any atom is -0.468 e. The molecule has 0 fully saturated rings. The lowest BCUT2D eigenvalue weighted by Crippen LogP contribution is -2.40. The number of methoxy groups -OCH3 is 1. The summed E-state index contributed by atoms with van der Waals surface area (Å²) in [5.74, 6) is -3.27. The van der Waals surface area contributed by atoms with Crippen LogP contribution in [0.3, 0.4) is 0 Å². The van der Waals surface area contributed by atoms with Crippen molar-refractivity contribution in [2.75, 3.05) is 7.11 Å². The zero-order valence-corrected chi connectivity index (χ0v) is 18.1. The molecule has 3 amide bonds. The molecule has 10 nitrogen and oxygen atoms in total. The number of nitrogens with zero attached hydrogens (tertiary/aromatic N) is 3. The fourth-order valence-electron chi connectivity index (χ4n) is 3.54. The van der Waals surface area contributed by atoms with Gasteiger partial charge in [-0.3, -0.25) is 19.2 Å². The van der Waals surface area contributed by atoms with Gasteiger partial charge < -0.3 is 14.9 Å². The summed E-state index contributed by atoms with van der Waals surface area (Å²) in [6.45, 7) is 2.00. The van der Waals surface area contributed by atoms with Crippen LogP contribution in [0.15, 0.2) is 58.1 Å². The fraction of sp³-hybridized carbons (Fsp3) is 0.304. The molecule has 0 saturated carbocycles. The average Bonchev–Trinajstić information content (AvgIpc) is 3.06. The van der Waals surface area contributed by atoms with E-state index in [9.17, 15) is 19.2 Å². The van der Waals surface area contributed by atoms with Crippen LogP contribution in [0.4, 0.5) is 0 Å². The molecule has 0 bridgehead atoms. The summed E-state index contributed by atoms with van der Waals surface area (Å²) >= 11 is 0. The quantitative estimate of drug-likeness (QED) is 0.521. The Morgan fingerprint density at radius 2 is 1.85 bits per heavy atom. The number of hydroxylamine groups is 2. The van der Waals surface area contributed by atoms with E-state index in [4.69, 9.17) is 9.57 Å². The first-order valence-corrected chi connectivity index (χ1v) is 10.5. The Labute approximate surface area is 189 Å². The number of amides is 3. The highest BCUT2D eigenvalue weighted by Crippen LogP contribution is 2.27. The number of aliphatic imine (C=N–C) groups is 2. The smallest absolute Gasteiger partial charge is 0.322 e. The van der Waals surface area contributed by atoms with E-state index in [1.807, 2.05) is 6.92 Å². The van der Waals surface area contributed by atoms with Crippen molar-refractivity contribution in [2.24, 2.45) is 15.9 Å². The monoisotopic (exact) mass is 450 g/mol. The number of ether oxygens (including phenoxy) is 1. The highest BCUT2D eigenvalue weighted by atomic mass is 16.7. The lowest BCUT2D eigenvalue weighted by Gasteiger charge is -2.25. The van der Waals surface area contributed by atoms with E-state index in [-0.39, 0.29) is 28.8 Å². The molecule has 3 aliphatic rings. The summed E-state index contributed by atoms with van der Waals surface area (Å²) < 4.78 is 4.84. The molecular weight excluding hydrogens is 428 g/mol. The van der Waals surface area contributed by atoms with Crippen molar-refractivity contribution < 1.29 is 28.8 Å². The van der Waals surface area contributed by atoms with Crippen molar-refractivity contribution in [1.29, 1.82) is 0 Å². The molecule has 0 saturated heterocycles. The second kappa shape index (κ2) is 9.19. The SMILES string of the molecule is CCCCC(=O)NC1C=CC2=CC(C(=O)OC)C(ON3C(=O)c4ccccc4C3=O)=NC2=N1. The van der Waals surface area contributed by atoms with Gasteiger partial charge in [0.15, 0.2) is 11.8 Å². The predicted molar refractivity (Wildman–Crippen MR) is 117 cm³/mol. The van der Waals surface area contributed by atoms with Crippen molar-refractivity contribution in [3.05, 3.63) is 59.2 Å². The van der Waals surface area contributed by atoms with Gasteiger partial charge in [0.1, 0.15) is 6.17 Å². The van der Waals surface area contributed by atoms with Crippen molar-refractivity contribution >= 4 is 35.4 Å². The number of imide groups is 1. The van der Waals surface area contributed by atoms with E-state index in [0.717, 1.165) is 12.8 Å². The number of hydrogen-bond donors (Lipinski definition) is 1. The Kier molecular flexibility index (Phi) is 6.16. The molecule has 10 heteroatoms. The van der Waals surface area contributed by atoms with E-state index < -0.39 is 29.9 Å². The molecule has 1 aromatic carbocycles. The van der Waals surface area contributed by atoms with E-state index in [1.165, 1.54) is 25.3 Å². The van der Waals surface area contributed by atoms with Gasteiger partial charge in [0.05, 0.1) is 18.2 Å². The second-order valence-electron chi connectivity index (χ2n) is 7.54.